The highest BCUT2D eigenvalue weighted by molar-refractivity contribution is 6.02. The van der Waals surface area contributed by atoms with Crippen LogP contribution in [0.25, 0.3) is 10.8 Å². The first-order valence-corrected chi connectivity index (χ1v) is 9.88. The third-order valence-corrected chi connectivity index (χ3v) is 5.75. The molecule has 7 nitrogen and oxygen atoms in total. The molecule has 0 spiro atoms. The minimum absolute atomic E-state index is 0.0458. The number of nitrogens with one attached hydrogen (secondary N) is 1. The summed E-state index contributed by atoms with van der Waals surface area (Å²) in [5.41, 5.74) is -0.211. The number of amides is 1. The van der Waals surface area contributed by atoms with E-state index in [9.17, 15) is 14.4 Å². The fourth-order valence-corrected chi connectivity index (χ4v) is 3.83. The normalized spacial score (nSPS) is 22.0. The molecule has 1 amide bonds. The molecule has 1 aliphatic rings. The summed E-state index contributed by atoms with van der Waals surface area (Å²) in [6, 6.07) is 6.88. The topological polar surface area (TPSA) is 90.3 Å². The minimum Gasteiger partial charge on any atom is -0.451 e. The van der Waals surface area contributed by atoms with Crippen molar-refractivity contribution in [3.63, 3.8) is 0 Å². The quantitative estimate of drug-likeness (QED) is 0.799. The summed E-state index contributed by atoms with van der Waals surface area (Å²) in [5, 5.41) is 7.95. The minimum atomic E-state index is -0.710. The smallest absolute Gasteiger partial charge is 0.359 e. The number of aryl methyl sites for hydroxylation is 1. The molecular weight excluding hydrogens is 358 g/mol. The Balaban J connectivity index is 1.71. The van der Waals surface area contributed by atoms with Crippen LogP contribution in [0.5, 0.6) is 0 Å². The number of hydrogen-bond donors (Lipinski definition) is 1. The summed E-state index contributed by atoms with van der Waals surface area (Å²) in [5.74, 6) is -0.0644. The Bertz CT molecular complexity index is 937. The van der Waals surface area contributed by atoms with Gasteiger partial charge >= 0.3 is 5.97 Å². The number of aromatic nitrogens is 2. The molecule has 0 saturated heterocycles. The van der Waals surface area contributed by atoms with Crippen LogP contribution in [0.2, 0.25) is 0 Å². The number of esters is 1. The predicted octanol–water partition coefficient (Wildman–Crippen LogP) is 2.51. The van der Waals surface area contributed by atoms with Gasteiger partial charge in [-0.25, -0.2) is 9.48 Å². The summed E-state index contributed by atoms with van der Waals surface area (Å²) >= 11 is 0. The second-order valence-electron chi connectivity index (χ2n) is 7.53. The summed E-state index contributed by atoms with van der Waals surface area (Å²) in [6.45, 7) is 6.09. The van der Waals surface area contributed by atoms with E-state index >= 15 is 0 Å². The molecule has 1 saturated carbocycles. The van der Waals surface area contributed by atoms with Gasteiger partial charge in [0.25, 0.3) is 11.5 Å². The Morgan fingerprint density at radius 3 is 2.64 bits per heavy atom. The molecule has 1 N–H and O–H groups in total. The third-order valence-electron chi connectivity index (χ3n) is 5.75. The molecule has 3 rings (SSSR count). The molecule has 1 fully saturated rings. The molecule has 150 valence electrons. The summed E-state index contributed by atoms with van der Waals surface area (Å²) in [7, 11) is 0. The molecule has 0 unspecified atom stereocenters. The van der Waals surface area contributed by atoms with E-state index in [0.29, 0.717) is 29.2 Å². The van der Waals surface area contributed by atoms with Crippen molar-refractivity contribution < 1.29 is 14.3 Å². The van der Waals surface area contributed by atoms with E-state index in [4.69, 9.17) is 4.74 Å². The average molecular weight is 385 g/mol. The summed E-state index contributed by atoms with van der Waals surface area (Å²) in [4.78, 5) is 37.2. The Hall–Kier alpha value is -2.70. The van der Waals surface area contributed by atoms with Gasteiger partial charge in [0, 0.05) is 18.0 Å². The van der Waals surface area contributed by atoms with Gasteiger partial charge in [0.2, 0.25) is 0 Å². The van der Waals surface area contributed by atoms with Gasteiger partial charge < -0.3 is 10.1 Å². The van der Waals surface area contributed by atoms with Crippen molar-refractivity contribution in [3.8, 4) is 0 Å². The Kier molecular flexibility index (Phi) is 6.11. The zero-order chi connectivity index (χ0) is 20.3. The maximum absolute atomic E-state index is 12.6. The number of ether oxygens (including phenoxy) is 1. The molecule has 0 radical (unpaired) electrons. The zero-order valence-corrected chi connectivity index (χ0v) is 16.6. The van der Waals surface area contributed by atoms with Gasteiger partial charge in [-0.2, -0.15) is 5.10 Å². The lowest BCUT2D eigenvalue weighted by Crippen LogP contribution is -2.45. The number of hydrogen-bond acceptors (Lipinski definition) is 5. The van der Waals surface area contributed by atoms with Gasteiger partial charge in [-0.1, -0.05) is 44.9 Å². The maximum atomic E-state index is 12.6. The Labute approximate surface area is 164 Å². The zero-order valence-electron chi connectivity index (χ0n) is 16.6. The van der Waals surface area contributed by atoms with Crippen LogP contribution >= 0.6 is 0 Å². The van der Waals surface area contributed by atoms with Gasteiger partial charge in [-0.05, 0) is 31.2 Å². The molecule has 1 aromatic heterocycles. The van der Waals surface area contributed by atoms with E-state index in [1.165, 1.54) is 11.1 Å². The lowest BCUT2D eigenvalue weighted by Gasteiger charge is -2.34. The molecule has 7 heteroatoms. The van der Waals surface area contributed by atoms with Gasteiger partial charge in [-0.3, -0.25) is 9.59 Å². The van der Waals surface area contributed by atoms with Crippen LogP contribution < -0.4 is 10.9 Å². The number of carbonyl (C=O) groups is 2. The summed E-state index contributed by atoms with van der Waals surface area (Å²) < 4.78 is 6.44. The number of nitrogens with zero attached hydrogens (tertiary/aromatic N) is 2. The van der Waals surface area contributed by atoms with E-state index < -0.39 is 5.97 Å². The third kappa shape index (κ3) is 4.08. The second kappa shape index (κ2) is 8.54. The van der Waals surface area contributed by atoms with Crippen LogP contribution in [0.1, 0.15) is 50.5 Å². The first kappa shape index (κ1) is 20.0. The average Bonchev–Trinajstić information content (AvgIpc) is 2.70. The van der Waals surface area contributed by atoms with Crippen molar-refractivity contribution in [1.82, 2.24) is 15.1 Å². The van der Waals surface area contributed by atoms with E-state index in [-0.39, 0.29) is 29.8 Å². The molecule has 0 aliphatic heterocycles. The molecule has 1 aromatic carbocycles. The first-order valence-electron chi connectivity index (χ1n) is 9.88. The van der Waals surface area contributed by atoms with Crippen LogP contribution in [0.4, 0.5) is 0 Å². The van der Waals surface area contributed by atoms with Gasteiger partial charge in [0.15, 0.2) is 12.3 Å². The number of fused-ring (bicyclic) bond motifs is 1. The number of benzene rings is 1. The largest absolute Gasteiger partial charge is 0.451 e. The van der Waals surface area contributed by atoms with Crippen molar-refractivity contribution in [3.05, 3.63) is 40.3 Å². The second-order valence-corrected chi connectivity index (χ2v) is 7.53. The molecule has 28 heavy (non-hydrogen) atoms. The van der Waals surface area contributed by atoms with Crippen molar-refractivity contribution in [2.75, 3.05) is 6.61 Å². The standard InChI is InChI=1S/C21H27N3O4/c1-4-24-20(26)16-10-6-5-9-15(16)19(23-24)21(27)28-12-18(25)22-17-11-7-8-13(2)14(17)3/h5-6,9-10,13-14,17H,4,7-8,11-12H2,1-3H3,(H,22,25)/t13-,14+,17+/m1/s1. The van der Waals surface area contributed by atoms with Crippen LogP contribution in [-0.4, -0.2) is 34.3 Å². The SMILES string of the molecule is CCn1nc(C(=O)OCC(=O)N[C@H]2CCC[C@@H](C)[C@@H]2C)c2ccccc2c1=O. The summed E-state index contributed by atoms with van der Waals surface area (Å²) in [6.07, 6.45) is 3.21. The molecule has 2 aromatic rings. The van der Waals surface area contributed by atoms with Crippen molar-refractivity contribution in [2.45, 2.75) is 52.6 Å². The Morgan fingerprint density at radius 2 is 1.93 bits per heavy atom. The highest BCUT2D eigenvalue weighted by Crippen LogP contribution is 2.29. The van der Waals surface area contributed by atoms with Crippen LogP contribution in [0, 0.1) is 11.8 Å². The van der Waals surface area contributed by atoms with E-state index in [2.05, 4.69) is 24.3 Å². The van der Waals surface area contributed by atoms with Crippen LogP contribution in [0.15, 0.2) is 29.1 Å². The number of rotatable bonds is 5. The van der Waals surface area contributed by atoms with E-state index in [1.54, 1.807) is 31.2 Å². The fourth-order valence-electron chi connectivity index (χ4n) is 3.83. The van der Waals surface area contributed by atoms with Crippen LogP contribution in [-0.2, 0) is 16.1 Å². The fraction of sp³-hybridized carbons (Fsp3) is 0.524. The highest BCUT2D eigenvalue weighted by atomic mass is 16.5. The van der Waals surface area contributed by atoms with Gasteiger partial charge in [0.05, 0.1) is 5.39 Å². The number of carbonyl (C=O) groups excluding carboxylic acids is 2. The molecule has 0 bridgehead atoms. The van der Waals surface area contributed by atoms with Gasteiger partial charge in [0.1, 0.15) is 0 Å². The van der Waals surface area contributed by atoms with Crippen molar-refractivity contribution in [2.24, 2.45) is 11.8 Å². The predicted molar refractivity (Wildman–Crippen MR) is 106 cm³/mol. The van der Waals surface area contributed by atoms with Gasteiger partial charge in [-0.15, -0.1) is 0 Å². The Morgan fingerprint density at radius 1 is 1.21 bits per heavy atom. The van der Waals surface area contributed by atoms with E-state index in [1.807, 2.05) is 0 Å². The maximum Gasteiger partial charge on any atom is 0.359 e. The molecule has 1 heterocycles. The van der Waals surface area contributed by atoms with Crippen LogP contribution in [0.3, 0.4) is 0 Å². The van der Waals surface area contributed by atoms with Crippen molar-refractivity contribution >= 4 is 22.6 Å². The lowest BCUT2D eigenvalue weighted by molar-refractivity contribution is -0.125. The van der Waals surface area contributed by atoms with Crippen molar-refractivity contribution in [1.29, 1.82) is 0 Å². The molecule has 3 atom stereocenters. The molecule has 1 aliphatic carbocycles. The molecular formula is C21H27N3O4. The lowest BCUT2D eigenvalue weighted by atomic mass is 9.78. The first-order chi connectivity index (χ1) is 13.4. The highest BCUT2D eigenvalue weighted by Gasteiger charge is 2.28. The monoisotopic (exact) mass is 385 g/mol. The van der Waals surface area contributed by atoms with E-state index in [0.717, 1.165) is 12.8 Å².